The van der Waals surface area contributed by atoms with Crippen molar-refractivity contribution >= 4 is 11.3 Å². The standard InChI is InChI=1S/C15H15F3N6/c1-22-8-11(7-20-22)10-2-4-23(9-10)14-12-6-13(15(16,17)18)21-24(12)5-3-19-14/h3,5-8,10H,2,4,9H2,1H3. The highest BCUT2D eigenvalue weighted by molar-refractivity contribution is 5.69. The molecule has 1 atom stereocenters. The van der Waals surface area contributed by atoms with Crippen LogP contribution in [0.25, 0.3) is 5.52 Å². The Kier molecular flexibility index (Phi) is 3.26. The summed E-state index contributed by atoms with van der Waals surface area (Å²) in [5.74, 6) is 0.831. The van der Waals surface area contributed by atoms with Crippen LogP contribution in [0.1, 0.15) is 23.6 Å². The van der Waals surface area contributed by atoms with Gasteiger partial charge in [-0.2, -0.15) is 23.4 Å². The lowest BCUT2D eigenvalue weighted by Gasteiger charge is -2.17. The maximum atomic E-state index is 12.9. The van der Waals surface area contributed by atoms with Gasteiger partial charge in [-0.25, -0.2) is 9.50 Å². The van der Waals surface area contributed by atoms with Crippen molar-refractivity contribution in [2.45, 2.75) is 18.5 Å². The van der Waals surface area contributed by atoms with Gasteiger partial charge in [0.05, 0.1) is 6.20 Å². The molecule has 3 aromatic rings. The fourth-order valence-corrected chi connectivity index (χ4v) is 3.17. The lowest BCUT2D eigenvalue weighted by molar-refractivity contribution is -0.141. The largest absolute Gasteiger partial charge is 0.435 e. The Morgan fingerprint density at radius 2 is 2.12 bits per heavy atom. The van der Waals surface area contributed by atoms with Crippen molar-refractivity contribution in [3.63, 3.8) is 0 Å². The Morgan fingerprint density at radius 1 is 1.29 bits per heavy atom. The van der Waals surface area contributed by atoms with E-state index < -0.39 is 11.9 Å². The maximum Gasteiger partial charge on any atom is 0.435 e. The van der Waals surface area contributed by atoms with E-state index in [0.29, 0.717) is 23.8 Å². The van der Waals surface area contributed by atoms with Crippen molar-refractivity contribution in [3.8, 4) is 0 Å². The summed E-state index contributed by atoms with van der Waals surface area (Å²) in [6.07, 6.45) is 3.17. The predicted octanol–water partition coefficient (Wildman–Crippen LogP) is 2.48. The van der Waals surface area contributed by atoms with Gasteiger partial charge in [0.15, 0.2) is 11.5 Å². The second-order valence-electron chi connectivity index (χ2n) is 5.99. The molecule has 6 nitrogen and oxygen atoms in total. The summed E-state index contributed by atoms with van der Waals surface area (Å²) in [4.78, 5) is 6.30. The molecule has 0 amide bonds. The predicted molar refractivity (Wildman–Crippen MR) is 80.8 cm³/mol. The molecule has 126 valence electrons. The molecule has 1 fully saturated rings. The third kappa shape index (κ3) is 2.49. The van der Waals surface area contributed by atoms with Crippen LogP contribution in [0.3, 0.4) is 0 Å². The number of fused-ring (bicyclic) bond motifs is 1. The molecule has 0 saturated carbocycles. The number of nitrogens with zero attached hydrogens (tertiary/aromatic N) is 6. The minimum Gasteiger partial charge on any atom is -0.354 e. The fraction of sp³-hybridized carbons (Fsp3) is 0.400. The van der Waals surface area contributed by atoms with Gasteiger partial charge in [-0.1, -0.05) is 0 Å². The van der Waals surface area contributed by atoms with E-state index in [2.05, 4.69) is 15.2 Å². The average molecular weight is 336 g/mol. The molecule has 4 rings (SSSR count). The number of aryl methyl sites for hydroxylation is 1. The van der Waals surface area contributed by atoms with Gasteiger partial charge in [0.1, 0.15) is 5.52 Å². The average Bonchev–Trinajstić information content (AvgIpc) is 3.24. The summed E-state index contributed by atoms with van der Waals surface area (Å²) in [5.41, 5.74) is 0.604. The number of alkyl halides is 3. The van der Waals surface area contributed by atoms with Crippen molar-refractivity contribution < 1.29 is 13.2 Å². The Labute approximate surface area is 135 Å². The topological polar surface area (TPSA) is 51.2 Å². The second kappa shape index (κ2) is 5.22. The highest BCUT2D eigenvalue weighted by atomic mass is 19.4. The van der Waals surface area contributed by atoms with Crippen molar-refractivity contribution in [3.05, 3.63) is 42.1 Å². The maximum absolute atomic E-state index is 12.9. The SMILES string of the molecule is Cn1cc(C2CCN(c3nccn4nc(C(F)(F)F)cc34)C2)cn1. The normalized spacial score (nSPS) is 18.7. The summed E-state index contributed by atoms with van der Waals surface area (Å²) in [6, 6.07) is 1.06. The zero-order valence-electron chi connectivity index (χ0n) is 12.9. The van der Waals surface area contributed by atoms with Crippen LogP contribution in [0.4, 0.5) is 19.0 Å². The minimum absolute atomic E-state index is 0.297. The number of halogens is 3. The van der Waals surface area contributed by atoms with Crippen molar-refractivity contribution in [1.82, 2.24) is 24.4 Å². The number of hydrogen-bond donors (Lipinski definition) is 0. The molecule has 1 aliphatic rings. The lowest BCUT2D eigenvalue weighted by Crippen LogP contribution is -2.21. The van der Waals surface area contributed by atoms with Crippen molar-refractivity contribution in [2.24, 2.45) is 7.05 Å². The van der Waals surface area contributed by atoms with Gasteiger partial charge < -0.3 is 4.90 Å². The van der Waals surface area contributed by atoms with Gasteiger partial charge in [0.2, 0.25) is 0 Å². The van der Waals surface area contributed by atoms with E-state index in [1.165, 1.54) is 16.9 Å². The molecule has 24 heavy (non-hydrogen) atoms. The Hall–Kier alpha value is -2.58. The molecule has 4 heterocycles. The van der Waals surface area contributed by atoms with E-state index >= 15 is 0 Å². The Morgan fingerprint density at radius 3 is 2.83 bits per heavy atom. The quantitative estimate of drug-likeness (QED) is 0.721. The van der Waals surface area contributed by atoms with Gasteiger partial charge in [0, 0.05) is 50.7 Å². The molecule has 0 radical (unpaired) electrons. The first kappa shape index (κ1) is 15.0. The first-order valence-electron chi connectivity index (χ1n) is 7.57. The molecule has 0 bridgehead atoms. The molecular weight excluding hydrogens is 321 g/mol. The van der Waals surface area contributed by atoms with Gasteiger partial charge in [0.25, 0.3) is 0 Å². The van der Waals surface area contributed by atoms with Crippen molar-refractivity contribution in [1.29, 1.82) is 0 Å². The van der Waals surface area contributed by atoms with E-state index in [1.807, 2.05) is 24.3 Å². The first-order chi connectivity index (χ1) is 11.4. The Bertz CT molecular complexity index is 881. The van der Waals surface area contributed by atoms with E-state index in [-0.39, 0.29) is 0 Å². The zero-order chi connectivity index (χ0) is 16.9. The molecule has 1 aliphatic heterocycles. The molecule has 1 saturated heterocycles. The molecule has 0 spiro atoms. The fourth-order valence-electron chi connectivity index (χ4n) is 3.17. The summed E-state index contributed by atoms with van der Waals surface area (Å²) in [7, 11) is 1.86. The summed E-state index contributed by atoms with van der Waals surface area (Å²) >= 11 is 0. The molecule has 3 aromatic heterocycles. The van der Waals surface area contributed by atoms with Crippen LogP contribution in [0, 0.1) is 0 Å². The van der Waals surface area contributed by atoms with Gasteiger partial charge in [-0.3, -0.25) is 4.68 Å². The minimum atomic E-state index is -4.47. The third-order valence-corrected chi connectivity index (χ3v) is 4.34. The number of hydrogen-bond acceptors (Lipinski definition) is 4. The molecule has 1 unspecified atom stereocenters. The van der Waals surface area contributed by atoms with Crippen LogP contribution in [0.2, 0.25) is 0 Å². The Balaban J connectivity index is 1.66. The van der Waals surface area contributed by atoms with Crippen LogP contribution >= 0.6 is 0 Å². The molecule has 0 aromatic carbocycles. The molecule has 0 N–H and O–H groups in total. The van der Waals surface area contributed by atoms with Crippen LogP contribution in [-0.4, -0.2) is 37.5 Å². The van der Waals surface area contributed by atoms with Gasteiger partial charge in [-0.05, 0) is 12.0 Å². The zero-order valence-corrected chi connectivity index (χ0v) is 12.9. The van der Waals surface area contributed by atoms with Crippen LogP contribution in [0.5, 0.6) is 0 Å². The lowest BCUT2D eigenvalue weighted by atomic mass is 10.0. The second-order valence-corrected chi connectivity index (χ2v) is 5.99. The summed E-state index contributed by atoms with van der Waals surface area (Å²) in [5, 5.41) is 7.79. The van der Waals surface area contributed by atoms with Gasteiger partial charge in [-0.15, -0.1) is 0 Å². The molecule has 0 aliphatic carbocycles. The third-order valence-electron chi connectivity index (χ3n) is 4.34. The monoisotopic (exact) mass is 336 g/mol. The number of rotatable bonds is 2. The molecular formula is C15H15F3N6. The van der Waals surface area contributed by atoms with Crippen LogP contribution in [-0.2, 0) is 13.2 Å². The first-order valence-corrected chi connectivity index (χ1v) is 7.57. The van der Waals surface area contributed by atoms with Crippen molar-refractivity contribution in [2.75, 3.05) is 18.0 Å². The summed E-state index contributed by atoms with van der Waals surface area (Å²) < 4.78 is 41.7. The van der Waals surface area contributed by atoms with E-state index in [4.69, 9.17) is 0 Å². The van der Waals surface area contributed by atoms with Crippen LogP contribution in [0.15, 0.2) is 30.9 Å². The number of aromatic nitrogens is 5. The number of anilines is 1. The van der Waals surface area contributed by atoms with Gasteiger partial charge >= 0.3 is 6.18 Å². The van der Waals surface area contributed by atoms with E-state index in [0.717, 1.165) is 24.6 Å². The van der Waals surface area contributed by atoms with Crippen LogP contribution < -0.4 is 4.90 Å². The molecule has 9 heteroatoms. The van der Waals surface area contributed by atoms with E-state index in [1.54, 1.807) is 4.68 Å². The highest BCUT2D eigenvalue weighted by Crippen LogP contribution is 2.34. The smallest absolute Gasteiger partial charge is 0.354 e. The van der Waals surface area contributed by atoms with E-state index in [9.17, 15) is 13.2 Å². The summed E-state index contributed by atoms with van der Waals surface area (Å²) in [6.45, 7) is 1.43. The highest BCUT2D eigenvalue weighted by Gasteiger charge is 2.35.